The van der Waals surface area contributed by atoms with Crippen molar-refractivity contribution >= 4 is 5.91 Å². The third kappa shape index (κ3) is 4.09. The van der Waals surface area contributed by atoms with E-state index in [0.29, 0.717) is 25.6 Å². The molecule has 1 amide bonds. The fourth-order valence-corrected chi connectivity index (χ4v) is 3.43. The number of hydrogen-bond acceptors (Lipinski definition) is 5. The molecule has 128 valence electrons. The van der Waals surface area contributed by atoms with Gasteiger partial charge in [0.2, 0.25) is 5.91 Å². The summed E-state index contributed by atoms with van der Waals surface area (Å²) in [5.41, 5.74) is 0. The summed E-state index contributed by atoms with van der Waals surface area (Å²) < 4.78 is 13.4. The average Bonchev–Trinajstić information content (AvgIpc) is 2.99. The number of aromatic nitrogens is 3. The Labute approximate surface area is 137 Å². The summed E-state index contributed by atoms with van der Waals surface area (Å²) >= 11 is 0. The van der Waals surface area contributed by atoms with E-state index in [1.807, 2.05) is 16.5 Å². The van der Waals surface area contributed by atoms with Crippen molar-refractivity contribution in [2.24, 2.45) is 13.0 Å². The van der Waals surface area contributed by atoms with Crippen LogP contribution < -0.4 is 0 Å². The van der Waals surface area contributed by atoms with E-state index in [4.69, 9.17) is 9.47 Å². The topological polar surface area (TPSA) is 69.5 Å². The number of rotatable bonds is 4. The van der Waals surface area contributed by atoms with Gasteiger partial charge < -0.3 is 18.9 Å². The van der Waals surface area contributed by atoms with E-state index in [2.05, 4.69) is 17.1 Å². The maximum atomic E-state index is 12.4. The highest BCUT2D eigenvalue weighted by Crippen LogP contribution is 2.26. The smallest absolute Gasteiger partial charge is 0.248 e. The molecule has 7 nitrogen and oxygen atoms in total. The fourth-order valence-electron chi connectivity index (χ4n) is 3.43. The van der Waals surface area contributed by atoms with Gasteiger partial charge in [-0.3, -0.25) is 4.79 Å². The first-order chi connectivity index (χ1) is 11.1. The highest BCUT2D eigenvalue weighted by molar-refractivity contribution is 5.77. The molecular formula is C16H26N4O3. The van der Waals surface area contributed by atoms with Crippen LogP contribution in [0.15, 0.2) is 6.33 Å². The zero-order valence-electron chi connectivity index (χ0n) is 14.0. The van der Waals surface area contributed by atoms with Crippen LogP contribution in [0.3, 0.4) is 0 Å². The number of carbonyl (C=O) groups is 1. The number of hydrogen-bond donors (Lipinski definition) is 0. The van der Waals surface area contributed by atoms with E-state index in [1.54, 1.807) is 6.33 Å². The van der Waals surface area contributed by atoms with Gasteiger partial charge in [0.1, 0.15) is 19.0 Å². The summed E-state index contributed by atoms with van der Waals surface area (Å²) in [4.78, 5) is 14.2. The minimum Gasteiger partial charge on any atom is -0.368 e. The van der Waals surface area contributed by atoms with E-state index < -0.39 is 0 Å². The number of nitrogens with zero attached hydrogens (tertiary/aromatic N) is 4. The van der Waals surface area contributed by atoms with E-state index >= 15 is 0 Å². The highest BCUT2D eigenvalue weighted by Gasteiger charge is 2.29. The maximum Gasteiger partial charge on any atom is 0.248 e. The molecule has 23 heavy (non-hydrogen) atoms. The van der Waals surface area contributed by atoms with E-state index in [1.165, 1.54) is 12.8 Å². The van der Waals surface area contributed by atoms with Gasteiger partial charge in [-0.15, -0.1) is 10.2 Å². The molecule has 2 heterocycles. The van der Waals surface area contributed by atoms with E-state index in [-0.39, 0.29) is 24.7 Å². The molecule has 1 saturated heterocycles. The summed E-state index contributed by atoms with van der Waals surface area (Å²) in [6.45, 7) is 4.06. The molecule has 1 aliphatic carbocycles. The first-order valence-electron chi connectivity index (χ1n) is 8.48. The molecule has 0 N–H and O–H groups in total. The Bertz CT molecular complexity index is 533. The first-order valence-corrected chi connectivity index (χ1v) is 8.48. The van der Waals surface area contributed by atoms with Gasteiger partial charge in [0.05, 0.1) is 19.3 Å². The maximum absolute atomic E-state index is 12.4. The van der Waals surface area contributed by atoms with Crippen LogP contribution in [0.25, 0.3) is 0 Å². The standard InChI is InChI=1S/C16H26N4O3/c1-12-4-3-5-13(8-12)23-10-15(21)20-6-7-22-14(9-20)16-18-17-11-19(16)2/h11-14H,3-10H2,1-2H3/t12-,13+,14-/m1/s1. The summed E-state index contributed by atoms with van der Waals surface area (Å²) in [5.74, 6) is 1.50. The van der Waals surface area contributed by atoms with Crippen LogP contribution >= 0.6 is 0 Å². The van der Waals surface area contributed by atoms with Crippen molar-refractivity contribution in [2.45, 2.75) is 44.8 Å². The van der Waals surface area contributed by atoms with Crippen molar-refractivity contribution in [3.63, 3.8) is 0 Å². The van der Waals surface area contributed by atoms with Crippen LogP contribution in [0, 0.1) is 5.92 Å². The SMILES string of the molecule is C[C@@H]1CCC[C@H](OCC(=O)N2CCO[C@@H](c3nncn3C)C2)C1. The first kappa shape index (κ1) is 16.4. The Morgan fingerprint density at radius 2 is 2.35 bits per heavy atom. The Balaban J connectivity index is 1.50. The minimum atomic E-state index is -0.213. The Hall–Kier alpha value is -1.47. The Morgan fingerprint density at radius 3 is 3.09 bits per heavy atom. The van der Waals surface area contributed by atoms with Crippen LogP contribution in [0.2, 0.25) is 0 Å². The molecule has 1 aliphatic heterocycles. The average molecular weight is 322 g/mol. The van der Waals surface area contributed by atoms with Crippen LogP contribution in [0.1, 0.15) is 44.5 Å². The molecule has 3 rings (SSSR count). The van der Waals surface area contributed by atoms with Gasteiger partial charge in [-0.25, -0.2) is 0 Å². The molecule has 2 fully saturated rings. The second-order valence-corrected chi connectivity index (χ2v) is 6.70. The quantitative estimate of drug-likeness (QED) is 0.836. The van der Waals surface area contributed by atoms with Gasteiger partial charge in [0.25, 0.3) is 0 Å². The summed E-state index contributed by atoms with van der Waals surface area (Å²) in [5, 5.41) is 7.96. The zero-order chi connectivity index (χ0) is 16.2. The molecule has 0 aromatic carbocycles. The van der Waals surface area contributed by atoms with Crippen molar-refractivity contribution in [1.29, 1.82) is 0 Å². The normalized spacial score (nSPS) is 28.8. The summed E-state index contributed by atoms with van der Waals surface area (Å²) in [6.07, 6.45) is 6.28. The number of ether oxygens (including phenoxy) is 2. The third-order valence-electron chi connectivity index (χ3n) is 4.78. The molecule has 7 heteroatoms. The number of aryl methyl sites for hydroxylation is 1. The minimum absolute atomic E-state index is 0.0405. The van der Waals surface area contributed by atoms with Gasteiger partial charge in [0.15, 0.2) is 5.82 Å². The number of carbonyl (C=O) groups excluding carboxylic acids is 1. The van der Waals surface area contributed by atoms with Crippen molar-refractivity contribution in [3.05, 3.63) is 12.2 Å². The highest BCUT2D eigenvalue weighted by atomic mass is 16.5. The molecule has 0 unspecified atom stereocenters. The lowest BCUT2D eigenvalue weighted by Gasteiger charge is -2.33. The molecule has 0 bridgehead atoms. The van der Waals surface area contributed by atoms with Crippen LogP contribution in [-0.4, -0.2) is 58.0 Å². The second-order valence-electron chi connectivity index (χ2n) is 6.70. The van der Waals surface area contributed by atoms with E-state index in [0.717, 1.165) is 18.7 Å². The molecular weight excluding hydrogens is 296 g/mol. The van der Waals surface area contributed by atoms with E-state index in [9.17, 15) is 4.79 Å². The second kappa shape index (κ2) is 7.40. The number of amides is 1. The Morgan fingerprint density at radius 1 is 1.48 bits per heavy atom. The van der Waals surface area contributed by atoms with Gasteiger partial charge >= 0.3 is 0 Å². The summed E-state index contributed by atoms with van der Waals surface area (Å²) in [7, 11) is 1.88. The molecule has 1 aromatic heterocycles. The predicted octanol–water partition coefficient (Wildman–Crippen LogP) is 1.31. The van der Waals surface area contributed by atoms with Crippen molar-refractivity contribution in [2.75, 3.05) is 26.3 Å². The lowest BCUT2D eigenvalue weighted by atomic mass is 9.89. The van der Waals surface area contributed by atoms with Crippen LogP contribution in [0.5, 0.6) is 0 Å². The van der Waals surface area contributed by atoms with Gasteiger partial charge in [-0.05, 0) is 18.8 Å². The molecule has 0 spiro atoms. The van der Waals surface area contributed by atoms with Gasteiger partial charge in [-0.2, -0.15) is 0 Å². The Kier molecular flexibility index (Phi) is 5.27. The van der Waals surface area contributed by atoms with Crippen molar-refractivity contribution < 1.29 is 14.3 Å². The monoisotopic (exact) mass is 322 g/mol. The predicted molar refractivity (Wildman–Crippen MR) is 83.6 cm³/mol. The molecule has 2 aliphatic rings. The van der Waals surface area contributed by atoms with Crippen LogP contribution in [0.4, 0.5) is 0 Å². The summed E-state index contributed by atoms with van der Waals surface area (Å²) in [6, 6.07) is 0. The molecule has 3 atom stereocenters. The number of morpholine rings is 1. The lowest BCUT2D eigenvalue weighted by Crippen LogP contribution is -2.44. The van der Waals surface area contributed by atoms with Crippen LogP contribution in [-0.2, 0) is 21.3 Å². The largest absolute Gasteiger partial charge is 0.368 e. The van der Waals surface area contributed by atoms with Gasteiger partial charge in [0, 0.05) is 13.6 Å². The molecule has 1 saturated carbocycles. The van der Waals surface area contributed by atoms with Crippen molar-refractivity contribution in [3.8, 4) is 0 Å². The third-order valence-corrected chi connectivity index (χ3v) is 4.78. The molecule has 0 radical (unpaired) electrons. The lowest BCUT2D eigenvalue weighted by molar-refractivity contribution is -0.147. The molecule has 1 aromatic rings. The zero-order valence-corrected chi connectivity index (χ0v) is 14.0. The van der Waals surface area contributed by atoms with Crippen molar-refractivity contribution in [1.82, 2.24) is 19.7 Å². The fraction of sp³-hybridized carbons (Fsp3) is 0.812. The van der Waals surface area contributed by atoms with Gasteiger partial charge in [-0.1, -0.05) is 19.8 Å².